The molecule has 0 amide bonds. The lowest BCUT2D eigenvalue weighted by Gasteiger charge is -2.09. The molecule has 0 N–H and O–H groups in total. The third kappa shape index (κ3) is 1.38. The maximum atomic E-state index is 5.30. The van der Waals surface area contributed by atoms with Gasteiger partial charge in [-0.2, -0.15) is 0 Å². The number of aryl methyl sites for hydroxylation is 1. The SMILES string of the molecule is COc1cc2ncc3nnc(C)n3c2cc1OC. The van der Waals surface area contributed by atoms with Crippen LogP contribution >= 0.6 is 0 Å². The summed E-state index contributed by atoms with van der Waals surface area (Å²) < 4.78 is 12.5. The van der Waals surface area contributed by atoms with Crippen LogP contribution in [-0.2, 0) is 0 Å². The van der Waals surface area contributed by atoms with E-state index in [1.165, 1.54) is 0 Å². The molecule has 0 radical (unpaired) electrons. The van der Waals surface area contributed by atoms with Crippen molar-refractivity contribution in [1.82, 2.24) is 19.6 Å². The highest BCUT2D eigenvalue weighted by Crippen LogP contribution is 2.31. The summed E-state index contributed by atoms with van der Waals surface area (Å²) in [6.45, 7) is 1.90. The van der Waals surface area contributed by atoms with Crippen LogP contribution in [0.15, 0.2) is 18.3 Å². The van der Waals surface area contributed by atoms with Crippen LogP contribution in [0.5, 0.6) is 11.5 Å². The lowest BCUT2D eigenvalue weighted by molar-refractivity contribution is 0.355. The van der Waals surface area contributed by atoms with Crippen molar-refractivity contribution in [2.75, 3.05) is 14.2 Å². The monoisotopic (exact) mass is 244 g/mol. The van der Waals surface area contributed by atoms with Crippen molar-refractivity contribution in [3.8, 4) is 11.5 Å². The first-order valence-corrected chi connectivity index (χ1v) is 5.47. The summed E-state index contributed by atoms with van der Waals surface area (Å²) in [5, 5.41) is 8.09. The Labute approximate surface area is 103 Å². The van der Waals surface area contributed by atoms with E-state index in [2.05, 4.69) is 15.2 Å². The summed E-state index contributed by atoms with van der Waals surface area (Å²) in [7, 11) is 3.21. The standard InChI is InChI=1S/C12H12N4O2/c1-7-14-15-12-6-13-8-4-10(17-2)11(18-3)5-9(8)16(7)12/h4-6H,1-3H3. The van der Waals surface area contributed by atoms with Crippen LogP contribution in [0.25, 0.3) is 16.7 Å². The van der Waals surface area contributed by atoms with Crippen molar-refractivity contribution >= 4 is 16.7 Å². The van der Waals surface area contributed by atoms with Gasteiger partial charge >= 0.3 is 0 Å². The van der Waals surface area contributed by atoms with Crippen LogP contribution in [0.2, 0.25) is 0 Å². The normalized spacial score (nSPS) is 11.1. The van der Waals surface area contributed by atoms with Crippen molar-refractivity contribution in [2.24, 2.45) is 0 Å². The molecule has 92 valence electrons. The fraction of sp³-hybridized carbons (Fsp3) is 0.250. The quantitative estimate of drug-likeness (QED) is 0.685. The predicted octanol–water partition coefficient (Wildman–Crippen LogP) is 1.60. The molecule has 0 bridgehead atoms. The second kappa shape index (κ2) is 3.83. The number of methoxy groups -OCH3 is 2. The van der Waals surface area contributed by atoms with E-state index in [9.17, 15) is 0 Å². The molecule has 0 saturated carbocycles. The largest absolute Gasteiger partial charge is 0.493 e. The minimum Gasteiger partial charge on any atom is -0.493 e. The molecule has 1 aromatic carbocycles. The van der Waals surface area contributed by atoms with Gasteiger partial charge in [-0.1, -0.05) is 0 Å². The lowest BCUT2D eigenvalue weighted by atomic mass is 10.2. The second-order valence-corrected chi connectivity index (χ2v) is 3.89. The zero-order chi connectivity index (χ0) is 12.7. The summed E-state index contributed by atoms with van der Waals surface area (Å²) in [4.78, 5) is 4.35. The van der Waals surface area contributed by atoms with Gasteiger partial charge in [0.15, 0.2) is 17.1 Å². The first-order valence-electron chi connectivity index (χ1n) is 5.47. The zero-order valence-electron chi connectivity index (χ0n) is 10.3. The Bertz CT molecular complexity index is 736. The molecular weight excluding hydrogens is 232 g/mol. The first-order chi connectivity index (χ1) is 8.74. The fourth-order valence-electron chi connectivity index (χ4n) is 2.03. The number of rotatable bonds is 2. The number of hydrogen-bond donors (Lipinski definition) is 0. The van der Waals surface area contributed by atoms with Crippen molar-refractivity contribution in [3.05, 3.63) is 24.2 Å². The number of aromatic nitrogens is 4. The second-order valence-electron chi connectivity index (χ2n) is 3.89. The molecule has 6 nitrogen and oxygen atoms in total. The Morgan fingerprint density at radius 1 is 1.06 bits per heavy atom. The molecule has 0 aliphatic carbocycles. The van der Waals surface area contributed by atoms with Gasteiger partial charge in [-0.15, -0.1) is 10.2 Å². The number of fused-ring (bicyclic) bond motifs is 3. The average Bonchev–Trinajstić information content (AvgIpc) is 2.79. The molecule has 3 aromatic rings. The Morgan fingerprint density at radius 2 is 1.78 bits per heavy atom. The van der Waals surface area contributed by atoms with E-state index in [-0.39, 0.29) is 0 Å². The maximum absolute atomic E-state index is 5.30. The van der Waals surface area contributed by atoms with Crippen LogP contribution in [-0.4, -0.2) is 33.8 Å². The molecule has 0 atom stereocenters. The minimum absolute atomic E-state index is 0.655. The van der Waals surface area contributed by atoms with E-state index >= 15 is 0 Å². The third-order valence-electron chi connectivity index (χ3n) is 2.89. The molecule has 6 heteroatoms. The number of nitrogens with zero attached hydrogens (tertiary/aromatic N) is 4. The van der Waals surface area contributed by atoms with E-state index in [1.807, 2.05) is 23.5 Å². The Kier molecular flexibility index (Phi) is 2.29. The molecular formula is C12H12N4O2. The smallest absolute Gasteiger partial charge is 0.179 e. The molecule has 18 heavy (non-hydrogen) atoms. The number of hydrogen-bond acceptors (Lipinski definition) is 5. The molecule has 0 spiro atoms. The van der Waals surface area contributed by atoms with Crippen LogP contribution in [0.4, 0.5) is 0 Å². The molecule has 0 fully saturated rings. The van der Waals surface area contributed by atoms with Crippen molar-refractivity contribution in [2.45, 2.75) is 6.92 Å². The molecule has 0 aliphatic heterocycles. The number of ether oxygens (including phenoxy) is 2. The molecule has 0 unspecified atom stereocenters. The van der Waals surface area contributed by atoms with Crippen LogP contribution in [0.3, 0.4) is 0 Å². The molecule has 0 aliphatic rings. The van der Waals surface area contributed by atoms with Crippen molar-refractivity contribution < 1.29 is 9.47 Å². The van der Waals surface area contributed by atoms with Gasteiger partial charge in [-0.25, -0.2) is 0 Å². The summed E-state index contributed by atoms with van der Waals surface area (Å²) in [6, 6.07) is 3.72. The van der Waals surface area contributed by atoms with Crippen molar-refractivity contribution in [1.29, 1.82) is 0 Å². The third-order valence-corrected chi connectivity index (χ3v) is 2.89. The first kappa shape index (κ1) is 10.8. The zero-order valence-corrected chi connectivity index (χ0v) is 10.3. The van der Waals surface area contributed by atoms with Gasteiger partial charge in [0.2, 0.25) is 0 Å². The summed E-state index contributed by atoms with van der Waals surface area (Å²) in [5.74, 6) is 2.12. The summed E-state index contributed by atoms with van der Waals surface area (Å²) in [6.07, 6.45) is 1.69. The van der Waals surface area contributed by atoms with Gasteiger partial charge in [-0.3, -0.25) is 9.38 Å². The van der Waals surface area contributed by atoms with E-state index < -0.39 is 0 Å². The Balaban J connectivity index is 2.46. The van der Waals surface area contributed by atoms with Gasteiger partial charge in [0.05, 0.1) is 31.4 Å². The molecule has 0 saturated heterocycles. The molecule has 2 heterocycles. The summed E-state index contributed by atoms with van der Waals surface area (Å²) >= 11 is 0. The minimum atomic E-state index is 0.655. The van der Waals surface area contributed by atoms with Crippen LogP contribution in [0.1, 0.15) is 5.82 Å². The van der Waals surface area contributed by atoms with E-state index in [0.717, 1.165) is 16.9 Å². The van der Waals surface area contributed by atoms with Crippen LogP contribution < -0.4 is 9.47 Å². The maximum Gasteiger partial charge on any atom is 0.179 e. The fourth-order valence-corrected chi connectivity index (χ4v) is 2.03. The van der Waals surface area contributed by atoms with Gasteiger partial charge in [0.25, 0.3) is 0 Å². The average molecular weight is 244 g/mol. The topological polar surface area (TPSA) is 61.5 Å². The number of benzene rings is 1. The molecule has 2 aromatic heterocycles. The Morgan fingerprint density at radius 3 is 2.50 bits per heavy atom. The predicted molar refractivity (Wildman–Crippen MR) is 66.1 cm³/mol. The highest BCUT2D eigenvalue weighted by atomic mass is 16.5. The van der Waals surface area contributed by atoms with E-state index in [1.54, 1.807) is 20.4 Å². The van der Waals surface area contributed by atoms with Gasteiger partial charge < -0.3 is 9.47 Å². The lowest BCUT2D eigenvalue weighted by Crippen LogP contribution is -1.96. The summed E-state index contributed by atoms with van der Waals surface area (Å²) in [5.41, 5.74) is 2.42. The molecule has 3 rings (SSSR count). The van der Waals surface area contributed by atoms with Gasteiger partial charge in [0, 0.05) is 12.1 Å². The highest BCUT2D eigenvalue weighted by molar-refractivity contribution is 5.81. The Hall–Kier alpha value is -2.37. The van der Waals surface area contributed by atoms with E-state index in [4.69, 9.17) is 9.47 Å². The van der Waals surface area contributed by atoms with Gasteiger partial charge in [-0.05, 0) is 6.92 Å². The van der Waals surface area contributed by atoms with Gasteiger partial charge in [0.1, 0.15) is 5.82 Å². The van der Waals surface area contributed by atoms with Crippen molar-refractivity contribution in [3.63, 3.8) is 0 Å². The highest BCUT2D eigenvalue weighted by Gasteiger charge is 2.11. The van der Waals surface area contributed by atoms with E-state index in [0.29, 0.717) is 17.1 Å². The van der Waals surface area contributed by atoms with Crippen LogP contribution in [0, 0.1) is 6.92 Å².